The lowest BCUT2D eigenvalue weighted by atomic mass is 9.84. The van der Waals surface area contributed by atoms with Crippen molar-refractivity contribution in [2.45, 2.75) is 12.0 Å². The van der Waals surface area contributed by atoms with Crippen molar-refractivity contribution in [2.24, 2.45) is 0 Å². The van der Waals surface area contributed by atoms with E-state index in [1.807, 2.05) is 67.1 Å². The Hall–Kier alpha value is -2.46. The quantitative estimate of drug-likeness (QED) is 0.915. The molecule has 3 rings (SSSR count). The first kappa shape index (κ1) is 15.4. The van der Waals surface area contributed by atoms with Crippen LogP contribution in [-0.4, -0.2) is 42.8 Å². The highest BCUT2D eigenvalue weighted by molar-refractivity contribution is 5.94. The Morgan fingerprint density at radius 2 is 1.61 bits per heavy atom. The average molecular weight is 307 g/mol. The Labute approximate surface area is 136 Å². The molecule has 2 aromatic carbocycles. The Balaban J connectivity index is 1.98. The molecular weight excluding hydrogens is 288 g/mol. The van der Waals surface area contributed by atoms with E-state index in [0.29, 0.717) is 19.6 Å². The molecule has 4 heteroatoms. The van der Waals surface area contributed by atoms with Gasteiger partial charge >= 0.3 is 6.41 Å². The van der Waals surface area contributed by atoms with Crippen LogP contribution in [0.4, 0.5) is 0 Å². The van der Waals surface area contributed by atoms with Gasteiger partial charge in [-0.25, -0.2) is 0 Å². The smallest absolute Gasteiger partial charge is 0.312 e. The number of carbonyl (C=O) groups is 1. The van der Waals surface area contributed by atoms with Gasteiger partial charge in [0.25, 0.3) is 0 Å². The van der Waals surface area contributed by atoms with Crippen molar-refractivity contribution in [1.82, 2.24) is 10.2 Å². The van der Waals surface area contributed by atoms with E-state index in [2.05, 4.69) is 5.32 Å². The monoisotopic (exact) mass is 307 g/mol. The van der Waals surface area contributed by atoms with E-state index in [1.54, 1.807) is 0 Å². The summed E-state index contributed by atoms with van der Waals surface area (Å²) in [6, 6.07) is 19.0. The Bertz CT molecular complexity index is 618. The zero-order valence-electron chi connectivity index (χ0n) is 12.8. The summed E-state index contributed by atoms with van der Waals surface area (Å²) in [7, 11) is 0. The second-order valence-corrected chi connectivity index (χ2v) is 5.66. The lowest BCUT2D eigenvalue weighted by Crippen LogP contribution is -2.55. The van der Waals surface area contributed by atoms with Crippen LogP contribution in [0.5, 0.6) is 0 Å². The van der Waals surface area contributed by atoms with E-state index in [-0.39, 0.29) is 11.7 Å². The molecular formula is C19H19N2O2. The molecule has 0 bridgehead atoms. The molecule has 1 saturated heterocycles. The van der Waals surface area contributed by atoms with Gasteiger partial charge in [-0.05, 0) is 11.1 Å². The van der Waals surface area contributed by atoms with Crippen LogP contribution < -0.4 is 5.32 Å². The number of rotatable bonds is 5. The fraction of sp³-hybridized carbons (Fsp3) is 0.263. The normalized spacial score (nSPS) is 18.0. The lowest BCUT2D eigenvalue weighted by Gasteiger charge is -2.34. The molecule has 1 amide bonds. The van der Waals surface area contributed by atoms with Crippen LogP contribution in [-0.2, 0) is 9.59 Å². The number of Topliss-reactive ketones (excluding diaryl/α,β-unsaturated/α-hetero) is 1. The van der Waals surface area contributed by atoms with Gasteiger partial charge in [0.2, 0.25) is 0 Å². The molecule has 0 spiro atoms. The molecule has 1 radical (unpaired) electrons. The summed E-state index contributed by atoms with van der Waals surface area (Å²) in [5.41, 5.74) is 1.89. The second-order valence-electron chi connectivity index (χ2n) is 5.66. The van der Waals surface area contributed by atoms with E-state index >= 15 is 0 Å². The topological polar surface area (TPSA) is 49.4 Å². The molecule has 4 nitrogen and oxygen atoms in total. The Morgan fingerprint density at radius 1 is 1.04 bits per heavy atom. The third kappa shape index (κ3) is 3.32. The van der Waals surface area contributed by atoms with Crippen LogP contribution in [0.15, 0.2) is 60.7 Å². The van der Waals surface area contributed by atoms with E-state index in [0.717, 1.165) is 11.1 Å². The number of nitrogens with zero attached hydrogens (tertiary/aromatic N) is 1. The molecule has 0 aliphatic carbocycles. The molecule has 0 saturated carbocycles. The predicted molar refractivity (Wildman–Crippen MR) is 88.8 cm³/mol. The van der Waals surface area contributed by atoms with Crippen molar-refractivity contribution >= 4 is 12.2 Å². The maximum atomic E-state index is 13.2. The largest absolute Gasteiger partial charge is 0.322 e. The van der Waals surface area contributed by atoms with E-state index in [4.69, 9.17) is 0 Å². The predicted octanol–water partition coefficient (Wildman–Crippen LogP) is 1.73. The summed E-state index contributed by atoms with van der Waals surface area (Å²) in [6.07, 6.45) is 1.92. The lowest BCUT2D eigenvalue weighted by molar-refractivity contribution is -0.124. The van der Waals surface area contributed by atoms with Gasteiger partial charge in [-0.1, -0.05) is 60.7 Å². The van der Waals surface area contributed by atoms with Gasteiger partial charge in [0.05, 0.1) is 5.92 Å². The minimum Gasteiger partial charge on any atom is -0.322 e. The van der Waals surface area contributed by atoms with Gasteiger partial charge in [-0.15, -0.1) is 0 Å². The number of hydrogen-bond donors (Lipinski definition) is 1. The summed E-state index contributed by atoms with van der Waals surface area (Å²) in [6.45, 7) is 1.68. The van der Waals surface area contributed by atoms with Crippen molar-refractivity contribution < 1.29 is 9.59 Å². The number of nitrogens with one attached hydrogen (secondary N) is 1. The third-order valence-corrected chi connectivity index (χ3v) is 4.24. The Kier molecular flexibility index (Phi) is 4.83. The summed E-state index contributed by atoms with van der Waals surface area (Å²) < 4.78 is 0. The standard InChI is InChI=1S/C19H19N2O2/c22-14-21-12-11-20-13-17(21)19(23)18(15-7-3-1-4-8-15)16-9-5-2-6-10-16/h1-10,17-18,20H,11-13H2. The highest BCUT2D eigenvalue weighted by Gasteiger charge is 2.34. The number of hydrogen-bond acceptors (Lipinski definition) is 3. The van der Waals surface area contributed by atoms with E-state index in [1.165, 1.54) is 4.90 Å². The summed E-state index contributed by atoms with van der Waals surface area (Å²) in [5, 5.41) is 3.20. The molecule has 23 heavy (non-hydrogen) atoms. The van der Waals surface area contributed by atoms with Crippen LogP contribution >= 0.6 is 0 Å². The third-order valence-electron chi connectivity index (χ3n) is 4.24. The SMILES string of the molecule is O=[C]N1CCNCC1C(=O)C(c1ccccc1)c1ccccc1. The first-order chi connectivity index (χ1) is 11.3. The highest BCUT2D eigenvalue weighted by Crippen LogP contribution is 2.28. The Morgan fingerprint density at radius 3 is 2.13 bits per heavy atom. The van der Waals surface area contributed by atoms with Gasteiger partial charge in [0.1, 0.15) is 6.04 Å². The minimum atomic E-state index is -0.480. The molecule has 1 heterocycles. The maximum Gasteiger partial charge on any atom is 0.312 e. The summed E-state index contributed by atoms with van der Waals surface area (Å²) >= 11 is 0. The van der Waals surface area contributed by atoms with Gasteiger partial charge in [0, 0.05) is 19.6 Å². The van der Waals surface area contributed by atoms with Crippen LogP contribution in [0.3, 0.4) is 0 Å². The van der Waals surface area contributed by atoms with Gasteiger partial charge in [0.15, 0.2) is 5.78 Å². The number of piperazine rings is 1. The zero-order chi connectivity index (χ0) is 16.1. The molecule has 117 valence electrons. The highest BCUT2D eigenvalue weighted by atomic mass is 16.1. The molecule has 2 aromatic rings. The zero-order valence-corrected chi connectivity index (χ0v) is 12.8. The van der Waals surface area contributed by atoms with Crippen LogP contribution in [0.1, 0.15) is 17.0 Å². The fourth-order valence-electron chi connectivity index (χ4n) is 3.07. The van der Waals surface area contributed by atoms with E-state index in [9.17, 15) is 9.59 Å². The summed E-state index contributed by atoms with van der Waals surface area (Å²) in [5.74, 6) is -0.351. The van der Waals surface area contributed by atoms with Gasteiger partial charge in [-0.3, -0.25) is 9.59 Å². The van der Waals surface area contributed by atoms with Crippen molar-refractivity contribution in [3.05, 3.63) is 71.8 Å². The molecule has 1 aliphatic heterocycles. The number of amides is 1. The minimum absolute atomic E-state index is 0.0259. The van der Waals surface area contributed by atoms with Crippen LogP contribution in [0.2, 0.25) is 0 Å². The molecule has 0 aromatic heterocycles. The molecule has 1 aliphatic rings. The first-order valence-electron chi connectivity index (χ1n) is 7.80. The number of benzene rings is 2. The van der Waals surface area contributed by atoms with Crippen molar-refractivity contribution in [1.29, 1.82) is 0 Å². The summed E-state index contributed by atoms with van der Waals surface area (Å²) in [4.78, 5) is 25.9. The second kappa shape index (κ2) is 7.20. The van der Waals surface area contributed by atoms with Gasteiger partial charge in [-0.2, -0.15) is 0 Å². The van der Waals surface area contributed by atoms with Crippen LogP contribution in [0, 0.1) is 0 Å². The molecule has 1 N–H and O–H groups in total. The van der Waals surface area contributed by atoms with Crippen LogP contribution in [0.25, 0.3) is 0 Å². The number of carbonyl (C=O) groups excluding carboxylic acids is 2. The molecule has 1 atom stereocenters. The maximum absolute atomic E-state index is 13.2. The van der Waals surface area contributed by atoms with Crippen molar-refractivity contribution in [3.63, 3.8) is 0 Å². The molecule has 1 unspecified atom stereocenters. The fourth-order valence-corrected chi connectivity index (χ4v) is 3.07. The molecule has 1 fully saturated rings. The van der Waals surface area contributed by atoms with Gasteiger partial charge < -0.3 is 10.2 Å². The first-order valence-corrected chi connectivity index (χ1v) is 7.80. The average Bonchev–Trinajstić information content (AvgIpc) is 2.63. The van der Waals surface area contributed by atoms with Crippen molar-refractivity contribution in [3.8, 4) is 0 Å². The number of ketones is 1. The van der Waals surface area contributed by atoms with E-state index < -0.39 is 6.04 Å². The van der Waals surface area contributed by atoms with Crippen molar-refractivity contribution in [2.75, 3.05) is 19.6 Å².